The van der Waals surface area contributed by atoms with Gasteiger partial charge in [0.2, 0.25) is 0 Å². The van der Waals surface area contributed by atoms with Crippen molar-refractivity contribution in [1.82, 2.24) is 19.2 Å². The molecule has 0 amide bonds. The third-order valence-electron chi connectivity index (χ3n) is 3.52. The molecule has 1 N–H and O–H groups in total. The third-order valence-corrected chi connectivity index (χ3v) is 4.46. The molecular weight excluding hydrogens is 270 g/mol. The molecule has 0 spiro atoms. The highest BCUT2D eigenvalue weighted by Crippen LogP contribution is 2.22. The largest absolute Gasteiger partial charge is 0.377 e. The van der Waals surface area contributed by atoms with E-state index in [9.17, 15) is 0 Å². The molecule has 3 aromatic heterocycles. The Morgan fingerprint density at radius 2 is 2.15 bits per heavy atom. The average Bonchev–Trinajstić information content (AvgIpc) is 3.04. The van der Waals surface area contributed by atoms with Gasteiger partial charge >= 0.3 is 0 Å². The van der Waals surface area contributed by atoms with E-state index in [1.54, 1.807) is 11.3 Å². The van der Waals surface area contributed by atoms with E-state index in [1.807, 2.05) is 17.9 Å². The van der Waals surface area contributed by atoms with Crippen molar-refractivity contribution in [3.05, 3.63) is 34.4 Å². The summed E-state index contributed by atoms with van der Waals surface area (Å²) in [4.78, 5) is 5.68. The van der Waals surface area contributed by atoms with Crippen LogP contribution in [0.4, 0.5) is 5.69 Å². The zero-order valence-electron chi connectivity index (χ0n) is 12.3. The van der Waals surface area contributed by atoms with Crippen LogP contribution in [0.15, 0.2) is 11.6 Å². The van der Waals surface area contributed by atoms with Crippen LogP contribution in [0.3, 0.4) is 0 Å². The Balaban J connectivity index is 1.90. The van der Waals surface area contributed by atoms with Gasteiger partial charge < -0.3 is 5.32 Å². The lowest BCUT2D eigenvalue weighted by Crippen LogP contribution is -2.05. The summed E-state index contributed by atoms with van der Waals surface area (Å²) in [6.45, 7) is 7.08. The lowest BCUT2D eigenvalue weighted by molar-refractivity contribution is 0.746. The predicted molar refractivity (Wildman–Crippen MR) is 82.5 cm³/mol. The van der Waals surface area contributed by atoms with Gasteiger partial charge in [0.15, 0.2) is 4.96 Å². The summed E-state index contributed by atoms with van der Waals surface area (Å²) >= 11 is 1.69. The van der Waals surface area contributed by atoms with Crippen LogP contribution in [0.1, 0.15) is 29.7 Å². The van der Waals surface area contributed by atoms with Crippen LogP contribution in [0, 0.1) is 13.8 Å². The second kappa shape index (κ2) is 4.94. The van der Waals surface area contributed by atoms with Gasteiger partial charge in [-0.15, -0.1) is 11.3 Å². The lowest BCUT2D eigenvalue weighted by Gasteiger charge is -2.06. The van der Waals surface area contributed by atoms with Gasteiger partial charge in [-0.1, -0.05) is 6.92 Å². The highest BCUT2D eigenvalue weighted by atomic mass is 32.1. The van der Waals surface area contributed by atoms with E-state index in [4.69, 9.17) is 0 Å². The predicted octanol–water partition coefficient (Wildman–Crippen LogP) is 2.92. The van der Waals surface area contributed by atoms with Crippen LogP contribution >= 0.6 is 11.3 Å². The number of thiazole rings is 1. The maximum absolute atomic E-state index is 4.61. The van der Waals surface area contributed by atoms with E-state index in [0.29, 0.717) is 0 Å². The second-order valence-corrected chi connectivity index (χ2v) is 5.85. The van der Waals surface area contributed by atoms with Crippen LogP contribution in [0.5, 0.6) is 0 Å². The average molecular weight is 289 g/mol. The maximum atomic E-state index is 4.61. The van der Waals surface area contributed by atoms with Gasteiger partial charge in [0.05, 0.1) is 29.3 Å². The number of nitrogens with zero attached hydrogens (tertiary/aromatic N) is 4. The Bertz CT molecular complexity index is 749. The molecule has 0 atom stereocenters. The summed E-state index contributed by atoms with van der Waals surface area (Å²) in [5.74, 6) is 0. The zero-order valence-corrected chi connectivity index (χ0v) is 13.1. The number of imidazole rings is 1. The first kappa shape index (κ1) is 13.2. The van der Waals surface area contributed by atoms with Crippen molar-refractivity contribution in [3.63, 3.8) is 0 Å². The molecule has 0 radical (unpaired) electrons. The van der Waals surface area contributed by atoms with E-state index in [-0.39, 0.29) is 0 Å². The Hall–Kier alpha value is -1.82. The van der Waals surface area contributed by atoms with E-state index < -0.39 is 0 Å². The molecule has 0 aliphatic carbocycles. The van der Waals surface area contributed by atoms with Crippen molar-refractivity contribution in [3.8, 4) is 0 Å². The Kier molecular flexibility index (Phi) is 3.25. The van der Waals surface area contributed by atoms with Crippen molar-refractivity contribution < 1.29 is 0 Å². The SMILES string of the molecule is CCc1nn(C)cc1NCc1c(C)nc2scc(C)n12. The number of nitrogens with one attached hydrogen (secondary N) is 1. The second-order valence-electron chi connectivity index (χ2n) is 5.01. The van der Waals surface area contributed by atoms with Gasteiger partial charge in [-0.2, -0.15) is 5.10 Å². The number of hydrogen-bond acceptors (Lipinski definition) is 4. The maximum Gasteiger partial charge on any atom is 0.194 e. The van der Waals surface area contributed by atoms with Crippen LogP contribution in [-0.4, -0.2) is 19.2 Å². The minimum absolute atomic E-state index is 0.767. The first-order valence-corrected chi connectivity index (χ1v) is 7.66. The number of hydrogen-bond donors (Lipinski definition) is 1. The zero-order chi connectivity index (χ0) is 14.3. The van der Waals surface area contributed by atoms with E-state index >= 15 is 0 Å². The van der Waals surface area contributed by atoms with E-state index in [2.05, 4.69) is 46.0 Å². The molecule has 3 aromatic rings. The molecule has 0 fully saturated rings. The van der Waals surface area contributed by atoms with Crippen molar-refractivity contribution >= 4 is 22.0 Å². The number of fused-ring (bicyclic) bond motifs is 1. The van der Waals surface area contributed by atoms with Crippen molar-refractivity contribution in [2.24, 2.45) is 7.05 Å². The van der Waals surface area contributed by atoms with Gasteiger partial charge in [-0.25, -0.2) is 4.98 Å². The number of anilines is 1. The van der Waals surface area contributed by atoms with Gasteiger partial charge in [-0.3, -0.25) is 9.08 Å². The summed E-state index contributed by atoms with van der Waals surface area (Å²) in [7, 11) is 1.95. The number of rotatable bonds is 4. The lowest BCUT2D eigenvalue weighted by atomic mass is 10.3. The summed E-state index contributed by atoms with van der Waals surface area (Å²) in [5.41, 5.74) is 5.77. The van der Waals surface area contributed by atoms with Crippen molar-refractivity contribution in [1.29, 1.82) is 0 Å². The fraction of sp³-hybridized carbons (Fsp3) is 0.429. The molecule has 0 bridgehead atoms. The third kappa shape index (κ3) is 2.10. The molecule has 0 aliphatic rings. The monoisotopic (exact) mass is 289 g/mol. The number of aromatic nitrogens is 4. The van der Waals surface area contributed by atoms with Crippen LogP contribution in [0.25, 0.3) is 4.96 Å². The summed E-state index contributed by atoms with van der Waals surface area (Å²) in [6, 6.07) is 0. The first-order valence-electron chi connectivity index (χ1n) is 6.78. The summed E-state index contributed by atoms with van der Waals surface area (Å²) < 4.78 is 4.09. The van der Waals surface area contributed by atoms with Crippen molar-refractivity contribution in [2.75, 3.05) is 5.32 Å². The van der Waals surface area contributed by atoms with Gasteiger partial charge in [0.1, 0.15) is 0 Å². The summed E-state index contributed by atoms with van der Waals surface area (Å²) in [6.07, 6.45) is 2.97. The molecule has 0 saturated heterocycles. The molecule has 0 aromatic carbocycles. The molecule has 5 nitrogen and oxygen atoms in total. The van der Waals surface area contributed by atoms with E-state index in [1.165, 1.54) is 11.4 Å². The molecule has 106 valence electrons. The fourth-order valence-electron chi connectivity index (χ4n) is 2.50. The standard InChI is InChI=1S/C14H19N5S/c1-5-11-12(7-18(4)17-11)15-6-13-10(3)16-14-19(13)9(2)8-20-14/h7-8,15H,5-6H2,1-4H3. The van der Waals surface area contributed by atoms with E-state index in [0.717, 1.165) is 35.0 Å². The van der Waals surface area contributed by atoms with Gasteiger partial charge in [0.25, 0.3) is 0 Å². The quantitative estimate of drug-likeness (QED) is 0.803. The van der Waals surface area contributed by atoms with Crippen LogP contribution < -0.4 is 5.32 Å². The Morgan fingerprint density at radius 3 is 2.90 bits per heavy atom. The normalized spacial score (nSPS) is 11.4. The molecule has 20 heavy (non-hydrogen) atoms. The molecule has 3 rings (SSSR count). The number of aryl methyl sites for hydroxylation is 4. The molecule has 0 unspecified atom stereocenters. The topological polar surface area (TPSA) is 47.2 Å². The van der Waals surface area contributed by atoms with Gasteiger partial charge in [-0.05, 0) is 20.3 Å². The minimum atomic E-state index is 0.767. The molecule has 0 saturated carbocycles. The van der Waals surface area contributed by atoms with Crippen LogP contribution in [-0.2, 0) is 20.0 Å². The minimum Gasteiger partial charge on any atom is -0.377 e. The molecule has 3 heterocycles. The van der Waals surface area contributed by atoms with Gasteiger partial charge in [0, 0.05) is 24.3 Å². The first-order chi connectivity index (χ1) is 9.60. The van der Waals surface area contributed by atoms with Crippen LogP contribution in [0.2, 0.25) is 0 Å². The molecule has 6 heteroatoms. The fourth-order valence-corrected chi connectivity index (χ4v) is 3.43. The van der Waals surface area contributed by atoms with Crippen molar-refractivity contribution in [2.45, 2.75) is 33.7 Å². The highest BCUT2D eigenvalue weighted by Gasteiger charge is 2.13. The molecule has 0 aliphatic heterocycles. The Labute approximate surface area is 122 Å². The summed E-state index contributed by atoms with van der Waals surface area (Å²) in [5, 5.41) is 10.1. The smallest absolute Gasteiger partial charge is 0.194 e. The highest BCUT2D eigenvalue weighted by molar-refractivity contribution is 7.15. The Morgan fingerprint density at radius 1 is 1.35 bits per heavy atom. The molecular formula is C14H19N5S.